The molecule has 0 N–H and O–H groups in total. The number of hydrogen-bond acceptors (Lipinski definition) is 5. The van der Waals surface area contributed by atoms with Crippen molar-refractivity contribution >= 4 is 35.1 Å². The minimum Gasteiger partial charge on any atom is -0.496 e. The zero-order valence-electron chi connectivity index (χ0n) is 16.6. The highest BCUT2D eigenvalue weighted by Crippen LogP contribution is 2.35. The van der Waals surface area contributed by atoms with Gasteiger partial charge in [-0.3, -0.25) is 4.79 Å². The maximum absolute atomic E-state index is 12.5. The minimum atomic E-state index is -0.212. The van der Waals surface area contributed by atoms with E-state index in [1.54, 1.807) is 37.5 Å². The van der Waals surface area contributed by atoms with Crippen molar-refractivity contribution in [1.82, 2.24) is 0 Å². The molecule has 3 aromatic rings. The van der Waals surface area contributed by atoms with Crippen molar-refractivity contribution in [3.8, 4) is 23.0 Å². The summed E-state index contributed by atoms with van der Waals surface area (Å²) in [5.41, 5.74) is 2.05. The normalized spacial score (nSPS) is 12.2. The largest absolute Gasteiger partial charge is 0.496 e. The van der Waals surface area contributed by atoms with Crippen LogP contribution in [0.1, 0.15) is 21.5 Å². The summed E-state index contributed by atoms with van der Waals surface area (Å²) in [4.78, 5) is 12.5. The van der Waals surface area contributed by atoms with E-state index in [9.17, 15) is 4.79 Å². The average Bonchev–Trinajstić information content (AvgIpc) is 3.24. The van der Waals surface area contributed by atoms with Crippen LogP contribution >= 0.6 is 23.2 Å². The fourth-order valence-corrected chi connectivity index (χ4v) is 3.60. The Kier molecular flexibility index (Phi) is 6.35. The molecule has 4 rings (SSSR count). The number of ether oxygens (including phenoxy) is 4. The second kappa shape index (κ2) is 9.33. The third kappa shape index (κ3) is 4.95. The van der Waals surface area contributed by atoms with Crippen LogP contribution in [0.5, 0.6) is 23.0 Å². The Hall–Kier alpha value is -3.15. The Balaban J connectivity index is 1.49. The molecule has 31 heavy (non-hydrogen) atoms. The highest BCUT2D eigenvalue weighted by Gasteiger charge is 2.14. The third-order valence-electron chi connectivity index (χ3n) is 4.67. The van der Waals surface area contributed by atoms with Gasteiger partial charge >= 0.3 is 0 Å². The molecule has 0 amide bonds. The van der Waals surface area contributed by atoms with Crippen molar-refractivity contribution in [2.24, 2.45) is 0 Å². The molecule has 0 unspecified atom stereocenters. The molecule has 0 saturated heterocycles. The molecule has 0 radical (unpaired) electrons. The Morgan fingerprint density at radius 3 is 2.68 bits per heavy atom. The molecule has 0 aliphatic carbocycles. The van der Waals surface area contributed by atoms with E-state index >= 15 is 0 Å². The monoisotopic (exact) mass is 456 g/mol. The van der Waals surface area contributed by atoms with Gasteiger partial charge in [0.15, 0.2) is 17.3 Å². The van der Waals surface area contributed by atoms with Gasteiger partial charge in [-0.1, -0.05) is 35.3 Å². The molecule has 0 atom stereocenters. The van der Waals surface area contributed by atoms with Gasteiger partial charge in [0.05, 0.1) is 12.1 Å². The number of carbonyl (C=O) groups excluding carboxylic acids is 1. The molecule has 0 bridgehead atoms. The van der Waals surface area contributed by atoms with E-state index in [1.807, 2.05) is 30.3 Å². The van der Waals surface area contributed by atoms with E-state index in [-0.39, 0.29) is 19.2 Å². The number of ketones is 1. The van der Waals surface area contributed by atoms with Crippen LogP contribution in [-0.2, 0) is 6.61 Å². The predicted octanol–water partition coefficient (Wildman–Crippen LogP) is 6.21. The summed E-state index contributed by atoms with van der Waals surface area (Å²) in [6.07, 6.45) is 3.19. The number of methoxy groups -OCH3 is 1. The number of rotatable bonds is 7. The first-order valence-corrected chi connectivity index (χ1v) is 10.2. The molecule has 0 fully saturated rings. The van der Waals surface area contributed by atoms with Crippen LogP contribution in [0.2, 0.25) is 10.0 Å². The Morgan fingerprint density at radius 1 is 1.03 bits per heavy atom. The van der Waals surface area contributed by atoms with Crippen molar-refractivity contribution in [2.45, 2.75) is 6.61 Å². The third-order valence-corrected chi connectivity index (χ3v) is 5.21. The Bertz CT molecular complexity index is 1160. The van der Waals surface area contributed by atoms with Crippen molar-refractivity contribution in [2.75, 3.05) is 13.9 Å². The lowest BCUT2D eigenvalue weighted by molar-refractivity contribution is 0.104. The van der Waals surface area contributed by atoms with E-state index in [0.717, 1.165) is 11.1 Å². The first-order valence-electron chi connectivity index (χ1n) is 9.40. The fraction of sp³-hybridized carbons (Fsp3) is 0.125. The summed E-state index contributed by atoms with van der Waals surface area (Å²) in [6.45, 7) is 0.488. The zero-order valence-corrected chi connectivity index (χ0v) is 18.1. The summed E-state index contributed by atoms with van der Waals surface area (Å²) in [5, 5.41) is 0.794. The molecule has 0 spiro atoms. The van der Waals surface area contributed by atoms with Gasteiger partial charge in [0.2, 0.25) is 6.79 Å². The van der Waals surface area contributed by atoms with E-state index in [4.69, 9.17) is 42.1 Å². The summed E-state index contributed by atoms with van der Waals surface area (Å²) in [5.74, 6) is 2.48. The molecule has 1 aliphatic rings. The van der Waals surface area contributed by atoms with E-state index in [2.05, 4.69) is 0 Å². The summed E-state index contributed by atoms with van der Waals surface area (Å²) in [7, 11) is 1.60. The van der Waals surface area contributed by atoms with E-state index < -0.39 is 0 Å². The fourth-order valence-electron chi connectivity index (χ4n) is 3.09. The maximum Gasteiger partial charge on any atom is 0.231 e. The van der Waals surface area contributed by atoms with Crippen LogP contribution < -0.4 is 18.9 Å². The molecule has 3 aromatic carbocycles. The van der Waals surface area contributed by atoms with Crippen LogP contribution in [0.4, 0.5) is 0 Å². The number of halogens is 2. The second-order valence-corrected chi connectivity index (χ2v) is 7.54. The number of carbonyl (C=O) groups is 1. The molecule has 5 nitrogen and oxygen atoms in total. The lowest BCUT2D eigenvalue weighted by Crippen LogP contribution is -2.00. The molecular formula is C24H18Cl2O5. The van der Waals surface area contributed by atoms with Gasteiger partial charge in [0, 0.05) is 22.2 Å². The lowest BCUT2D eigenvalue weighted by Gasteiger charge is -2.11. The Morgan fingerprint density at radius 2 is 1.87 bits per heavy atom. The van der Waals surface area contributed by atoms with Crippen molar-refractivity contribution in [3.05, 3.63) is 87.4 Å². The average molecular weight is 457 g/mol. The predicted molar refractivity (Wildman–Crippen MR) is 120 cm³/mol. The summed E-state index contributed by atoms with van der Waals surface area (Å²) in [6, 6.07) is 15.8. The number of hydrogen-bond donors (Lipinski definition) is 0. The van der Waals surface area contributed by atoms with Crippen LogP contribution in [0.15, 0.2) is 60.7 Å². The topological polar surface area (TPSA) is 54.0 Å². The van der Waals surface area contributed by atoms with Crippen LogP contribution in [0.3, 0.4) is 0 Å². The second-order valence-electron chi connectivity index (χ2n) is 6.70. The van der Waals surface area contributed by atoms with E-state index in [0.29, 0.717) is 38.6 Å². The summed E-state index contributed by atoms with van der Waals surface area (Å²) >= 11 is 12.0. The molecule has 158 valence electrons. The van der Waals surface area contributed by atoms with Crippen molar-refractivity contribution in [1.29, 1.82) is 0 Å². The number of allylic oxidation sites excluding steroid dienone is 1. The summed E-state index contributed by atoms with van der Waals surface area (Å²) < 4.78 is 22.0. The standard InChI is InChI=1S/C24H18Cl2O5/c1-28-22-8-3-15(2-7-21(27)19-6-4-17(25)11-20(19)26)10-16(22)13-29-18-5-9-23-24(12-18)31-14-30-23/h2-12H,13-14H2,1H3/b7-2+. The van der Waals surface area contributed by atoms with Gasteiger partial charge in [-0.2, -0.15) is 0 Å². The van der Waals surface area contributed by atoms with Gasteiger partial charge in [0.25, 0.3) is 0 Å². The number of benzene rings is 3. The van der Waals surface area contributed by atoms with Gasteiger partial charge in [-0.15, -0.1) is 0 Å². The van der Waals surface area contributed by atoms with Gasteiger partial charge in [-0.05, 0) is 54.1 Å². The van der Waals surface area contributed by atoms with Gasteiger partial charge in [-0.25, -0.2) is 0 Å². The molecular weight excluding hydrogens is 439 g/mol. The molecule has 0 saturated carbocycles. The smallest absolute Gasteiger partial charge is 0.231 e. The highest BCUT2D eigenvalue weighted by atomic mass is 35.5. The lowest BCUT2D eigenvalue weighted by atomic mass is 10.1. The number of fused-ring (bicyclic) bond motifs is 1. The highest BCUT2D eigenvalue weighted by molar-refractivity contribution is 6.37. The first-order chi connectivity index (χ1) is 15.0. The first kappa shape index (κ1) is 21.1. The zero-order chi connectivity index (χ0) is 21.8. The molecule has 0 aromatic heterocycles. The van der Waals surface area contributed by atoms with Crippen molar-refractivity contribution in [3.63, 3.8) is 0 Å². The minimum absolute atomic E-state index is 0.209. The quantitative estimate of drug-likeness (QED) is 0.312. The molecule has 1 heterocycles. The van der Waals surface area contributed by atoms with Gasteiger partial charge < -0.3 is 18.9 Å². The molecule has 7 heteroatoms. The van der Waals surface area contributed by atoms with E-state index in [1.165, 1.54) is 6.08 Å². The SMILES string of the molecule is COc1ccc(/C=C/C(=O)c2ccc(Cl)cc2Cl)cc1COc1ccc2c(c1)OCO2. The van der Waals surface area contributed by atoms with Crippen LogP contribution in [0, 0.1) is 0 Å². The molecule has 1 aliphatic heterocycles. The van der Waals surface area contributed by atoms with Crippen LogP contribution in [0.25, 0.3) is 6.08 Å². The maximum atomic E-state index is 12.5. The van der Waals surface area contributed by atoms with Crippen molar-refractivity contribution < 1.29 is 23.7 Å². The van der Waals surface area contributed by atoms with Crippen LogP contribution in [-0.4, -0.2) is 19.7 Å². The van der Waals surface area contributed by atoms with Gasteiger partial charge in [0.1, 0.15) is 18.1 Å². The Labute approximate surface area is 189 Å².